The third kappa shape index (κ3) is 9.61. The summed E-state index contributed by atoms with van der Waals surface area (Å²) in [5.41, 5.74) is 0. The van der Waals surface area contributed by atoms with E-state index in [9.17, 15) is 9.59 Å². The van der Waals surface area contributed by atoms with E-state index in [0.29, 0.717) is 36.8 Å². The van der Waals surface area contributed by atoms with Crippen LogP contribution in [0.2, 0.25) is 0 Å². The van der Waals surface area contributed by atoms with Gasteiger partial charge in [-0.15, -0.1) is 0 Å². The zero-order chi connectivity index (χ0) is 22.6. The van der Waals surface area contributed by atoms with Crippen LogP contribution in [0.1, 0.15) is 99.8 Å². The van der Waals surface area contributed by atoms with E-state index in [1.807, 2.05) is 6.92 Å². The molecule has 0 aliphatic heterocycles. The number of hydrogen-bond donors (Lipinski definition) is 1. The first-order valence-corrected chi connectivity index (χ1v) is 12.9. The molecule has 1 amide bonds. The van der Waals surface area contributed by atoms with E-state index in [0.717, 1.165) is 51.7 Å². The molecule has 0 aromatic carbocycles. The topological polar surface area (TPSA) is 64.6 Å². The Balaban J connectivity index is 0.00000512. The van der Waals surface area contributed by atoms with Gasteiger partial charge in [-0.05, 0) is 83.0 Å². The third-order valence-corrected chi connectivity index (χ3v) is 7.58. The monoisotopic (exact) mass is 439 g/mol. The van der Waals surface area contributed by atoms with E-state index in [-0.39, 0.29) is 25.2 Å². The standard InChI is InChI=1S/C26H47NO4.H2/c1-5-19(3)26(29)23-11-13-24(14-12-23)27-25(28)15-16-30-17-21-7-9-22(10-8-21)18-31-20(4)6-2;/h19-24H,5-18H2,1-4H3,(H,27,28);1H. The fraction of sp³-hybridized carbons (Fsp3) is 0.923. The molecular formula is C26H49NO4. The maximum absolute atomic E-state index is 12.3. The van der Waals surface area contributed by atoms with Gasteiger partial charge in [0.1, 0.15) is 5.78 Å². The molecule has 2 fully saturated rings. The van der Waals surface area contributed by atoms with Crippen molar-refractivity contribution in [3.8, 4) is 0 Å². The van der Waals surface area contributed by atoms with Crippen LogP contribution in [0.5, 0.6) is 0 Å². The molecule has 0 heterocycles. The lowest BCUT2D eigenvalue weighted by molar-refractivity contribution is -0.127. The molecule has 0 bridgehead atoms. The van der Waals surface area contributed by atoms with E-state index in [1.165, 1.54) is 25.7 Å². The highest BCUT2D eigenvalue weighted by molar-refractivity contribution is 5.83. The minimum atomic E-state index is 0. The Labute approximate surface area is 191 Å². The average molecular weight is 440 g/mol. The lowest BCUT2D eigenvalue weighted by atomic mass is 9.79. The summed E-state index contributed by atoms with van der Waals surface area (Å²) >= 11 is 0. The van der Waals surface area contributed by atoms with Crippen LogP contribution in [0, 0.1) is 23.7 Å². The summed E-state index contributed by atoms with van der Waals surface area (Å²) in [4.78, 5) is 24.6. The Morgan fingerprint density at radius 2 is 1.52 bits per heavy atom. The van der Waals surface area contributed by atoms with Gasteiger partial charge in [0.25, 0.3) is 0 Å². The maximum atomic E-state index is 12.3. The number of carbonyl (C=O) groups is 2. The molecule has 2 unspecified atom stereocenters. The molecule has 0 saturated heterocycles. The van der Waals surface area contributed by atoms with Gasteiger partial charge in [-0.3, -0.25) is 9.59 Å². The van der Waals surface area contributed by atoms with Crippen molar-refractivity contribution in [3.05, 3.63) is 0 Å². The molecule has 2 aliphatic carbocycles. The second kappa shape index (κ2) is 14.3. The zero-order valence-corrected chi connectivity index (χ0v) is 20.5. The van der Waals surface area contributed by atoms with Crippen LogP contribution < -0.4 is 5.32 Å². The Bertz CT molecular complexity index is 528. The van der Waals surface area contributed by atoms with Crippen LogP contribution in [-0.2, 0) is 19.1 Å². The summed E-state index contributed by atoms with van der Waals surface area (Å²) in [5.74, 6) is 2.19. The number of nitrogens with one attached hydrogen (secondary N) is 1. The summed E-state index contributed by atoms with van der Waals surface area (Å²) in [6, 6.07) is 0.224. The van der Waals surface area contributed by atoms with Crippen LogP contribution in [0.3, 0.4) is 0 Å². The van der Waals surface area contributed by atoms with E-state index in [2.05, 4.69) is 26.1 Å². The van der Waals surface area contributed by atoms with Gasteiger partial charge in [-0.25, -0.2) is 0 Å². The normalized spacial score (nSPS) is 28.6. The molecule has 2 saturated carbocycles. The number of ether oxygens (including phenoxy) is 2. The lowest BCUT2D eigenvalue weighted by Gasteiger charge is -2.30. The number of Topliss-reactive ketones (excluding diaryl/α,β-unsaturated/α-hetero) is 1. The minimum Gasteiger partial charge on any atom is -0.381 e. The molecule has 2 aliphatic rings. The first-order chi connectivity index (χ1) is 14.9. The Hall–Kier alpha value is -0.940. The predicted molar refractivity (Wildman–Crippen MR) is 127 cm³/mol. The highest BCUT2D eigenvalue weighted by atomic mass is 16.5. The molecule has 0 spiro atoms. The van der Waals surface area contributed by atoms with Crippen LogP contribution in [-0.4, -0.2) is 43.7 Å². The highest BCUT2D eigenvalue weighted by Crippen LogP contribution is 2.30. The van der Waals surface area contributed by atoms with Gasteiger partial charge >= 0.3 is 0 Å². The molecule has 31 heavy (non-hydrogen) atoms. The predicted octanol–water partition coefficient (Wildman–Crippen LogP) is 5.55. The first-order valence-electron chi connectivity index (χ1n) is 12.9. The van der Waals surface area contributed by atoms with Crippen molar-refractivity contribution < 1.29 is 20.5 Å². The van der Waals surface area contributed by atoms with Gasteiger partial charge in [0, 0.05) is 38.9 Å². The quantitative estimate of drug-likeness (QED) is 0.382. The maximum Gasteiger partial charge on any atom is 0.222 e. The number of ketones is 1. The van der Waals surface area contributed by atoms with Gasteiger partial charge < -0.3 is 14.8 Å². The van der Waals surface area contributed by atoms with Crippen molar-refractivity contribution in [2.24, 2.45) is 23.7 Å². The van der Waals surface area contributed by atoms with Crippen molar-refractivity contribution in [3.63, 3.8) is 0 Å². The largest absolute Gasteiger partial charge is 0.381 e. The Kier molecular flexibility index (Phi) is 12.1. The SMILES string of the molecule is CCC(C)OCC1CCC(COCCC(=O)NC2CCC(C(=O)C(C)CC)CC2)CC1.[HH]. The summed E-state index contributed by atoms with van der Waals surface area (Å²) in [6.07, 6.45) is 11.3. The highest BCUT2D eigenvalue weighted by Gasteiger charge is 2.29. The number of amides is 1. The third-order valence-electron chi connectivity index (χ3n) is 7.58. The molecule has 2 atom stereocenters. The average Bonchev–Trinajstić information content (AvgIpc) is 2.80. The molecule has 1 N–H and O–H groups in total. The Morgan fingerprint density at radius 3 is 2.10 bits per heavy atom. The number of hydrogen-bond acceptors (Lipinski definition) is 4. The van der Waals surface area contributed by atoms with Crippen molar-refractivity contribution in [2.75, 3.05) is 19.8 Å². The van der Waals surface area contributed by atoms with Crippen molar-refractivity contribution in [1.82, 2.24) is 5.32 Å². The van der Waals surface area contributed by atoms with Crippen LogP contribution in [0.4, 0.5) is 0 Å². The molecule has 2 rings (SSSR count). The van der Waals surface area contributed by atoms with Crippen LogP contribution >= 0.6 is 0 Å². The van der Waals surface area contributed by atoms with E-state index in [4.69, 9.17) is 9.47 Å². The summed E-state index contributed by atoms with van der Waals surface area (Å²) in [7, 11) is 0. The minimum absolute atomic E-state index is 0. The summed E-state index contributed by atoms with van der Waals surface area (Å²) in [6.45, 7) is 10.6. The van der Waals surface area contributed by atoms with Gasteiger partial charge in [-0.2, -0.15) is 0 Å². The van der Waals surface area contributed by atoms with Gasteiger partial charge in [0.2, 0.25) is 5.91 Å². The van der Waals surface area contributed by atoms with Gasteiger partial charge in [0.05, 0.1) is 12.7 Å². The fourth-order valence-corrected chi connectivity index (χ4v) is 4.82. The molecule has 0 aromatic rings. The molecule has 5 heteroatoms. The molecular weight excluding hydrogens is 390 g/mol. The zero-order valence-electron chi connectivity index (χ0n) is 20.5. The smallest absolute Gasteiger partial charge is 0.222 e. The van der Waals surface area contributed by atoms with E-state index in [1.54, 1.807) is 0 Å². The first kappa shape index (κ1) is 26.3. The van der Waals surface area contributed by atoms with Gasteiger partial charge in [0.15, 0.2) is 0 Å². The van der Waals surface area contributed by atoms with Crippen molar-refractivity contribution in [2.45, 2.75) is 110 Å². The second-order valence-corrected chi connectivity index (χ2v) is 10.1. The van der Waals surface area contributed by atoms with Gasteiger partial charge in [-0.1, -0.05) is 20.8 Å². The van der Waals surface area contributed by atoms with E-state index < -0.39 is 0 Å². The van der Waals surface area contributed by atoms with Crippen LogP contribution in [0.15, 0.2) is 0 Å². The fourth-order valence-electron chi connectivity index (χ4n) is 4.82. The molecule has 0 aromatic heterocycles. The Morgan fingerprint density at radius 1 is 0.903 bits per heavy atom. The number of carbonyl (C=O) groups excluding carboxylic acids is 2. The molecule has 5 nitrogen and oxygen atoms in total. The molecule has 182 valence electrons. The lowest BCUT2D eigenvalue weighted by Crippen LogP contribution is -2.39. The van der Waals surface area contributed by atoms with E-state index >= 15 is 0 Å². The van der Waals surface area contributed by atoms with Crippen molar-refractivity contribution in [1.29, 1.82) is 0 Å². The second-order valence-electron chi connectivity index (χ2n) is 10.1. The van der Waals surface area contributed by atoms with Crippen LogP contribution in [0.25, 0.3) is 0 Å². The van der Waals surface area contributed by atoms with Crippen molar-refractivity contribution >= 4 is 11.7 Å². The summed E-state index contributed by atoms with van der Waals surface area (Å²) < 4.78 is 11.7. The molecule has 0 radical (unpaired) electrons. The summed E-state index contributed by atoms with van der Waals surface area (Å²) in [5, 5.41) is 3.15. The number of rotatable bonds is 13.